The standard InChI is InChI=1S/C9H16NO7P/c1-6(5-18(14,15)16)4-7(10)9(13)17-3-2-8(11)12/h4,6H,2-3,5,10H2,1H3,(H,11,12)(H2,14,15,16). The number of hydrogen-bond acceptors (Lipinski definition) is 5. The van der Waals surface area contributed by atoms with Gasteiger partial charge in [0.1, 0.15) is 12.3 Å². The fourth-order valence-electron chi connectivity index (χ4n) is 1.12. The second kappa shape index (κ2) is 7.15. The number of carboxylic acid groups (broad SMARTS) is 1. The van der Waals surface area contributed by atoms with Crippen molar-refractivity contribution in [1.29, 1.82) is 0 Å². The molecule has 0 saturated carbocycles. The molecule has 1 unspecified atom stereocenters. The highest BCUT2D eigenvalue weighted by Crippen LogP contribution is 2.37. The van der Waals surface area contributed by atoms with E-state index in [0.29, 0.717) is 0 Å². The summed E-state index contributed by atoms with van der Waals surface area (Å²) in [6.07, 6.45) is 0.398. The maximum Gasteiger partial charge on any atom is 0.353 e. The molecule has 104 valence electrons. The molecular weight excluding hydrogens is 265 g/mol. The first kappa shape index (κ1) is 16.6. The van der Waals surface area contributed by atoms with E-state index in [0.717, 1.165) is 0 Å². The summed E-state index contributed by atoms with van der Waals surface area (Å²) in [5.74, 6) is -2.62. The van der Waals surface area contributed by atoms with Crippen molar-refractivity contribution in [3.63, 3.8) is 0 Å². The Morgan fingerprint density at radius 2 is 2.00 bits per heavy atom. The molecule has 0 spiro atoms. The summed E-state index contributed by atoms with van der Waals surface area (Å²) < 4.78 is 15.2. The quantitative estimate of drug-likeness (QED) is 0.281. The third-order valence-corrected chi connectivity index (χ3v) is 2.83. The van der Waals surface area contributed by atoms with Gasteiger partial charge in [-0.3, -0.25) is 9.36 Å². The van der Waals surface area contributed by atoms with Gasteiger partial charge in [-0.25, -0.2) is 4.79 Å². The van der Waals surface area contributed by atoms with E-state index < -0.39 is 31.6 Å². The Morgan fingerprint density at radius 1 is 1.44 bits per heavy atom. The van der Waals surface area contributed by atoms with Gasteiger partial charge in [-0.1, -0.05) is 13.0 Å². The SMILES string of the molecule is CC(C=C(N)C(=O)OCCC(=O)O)CP(=O)(O)O. The second-order valence-electron chi connectivity index (χ2n) is 3.73. The van der Waals surface area contributed by atoms with Crippen LogP contribution in [0.1, 0.15) is 13.3 Å². The largest absolute Gasteiger partial charge is 0.481 e. The summed E-state index contributed by atoms with van der Waals surface area (Å²) in [5.41, 5.74) is 5.04. The number of carboxylic acids is 1. The lowest BCUT2D eigenvalue weighted by molar-refractivity contribution is -0.143. The molecular formula is C9H16NO7P. The van der Waals surface area contributed by atoms with Gasteiger partial charge in [-0.15, -0.1) is 0 Å². The molecule has 0 bridgehead atoms. The minimum Gasteiger partial charge on any atom is -0.481 e. The molecule has 0 aliphatic carbocycles. The van der Waals surface area contributed by atoms with E-state index in [1.807, 2.05) is 0 Å². The van der Waals surface area contributed by atoms with E-state index in [2.05, 4.69) is 4.74 Å². The van der Waals surface area contributed by atoms with Crippen LogP contribution in [0.15, 0.2) is 11.8 Å². The van der Waals surface area contributed by atoms with Crippen LogP contribution in [0.5, 0.6) is 0 Å². The minimum atomic E-state index is -4.17. The van der Waals surface area contributed by atoms with Crippen molar-refractivity contribution in [2.45, 2.75) is 13.3 Å². The molecule has 0 fully saturated rings. The summed E-state index contributed by atoms with van der Waals surface area (Å²) in [7, 11) is -4.17. The Kier molecular flexibility index (Phi) is 6.61. The summed E-state index contributed by atoms with van der Waals surface area (Å²) in [5, 5.41) is 8.31. The van der Waals surface area contributed by atoms with E-state index in [4.69, 9.17) is 20.6 Å². The maximum atomic E-state index is 11.2. The van der Waals surface area contributed by atoms with E-state index in [-0.39, 0.29) is 18.7 Å². The number of rotatable bonds is 7. The molecule has 0 aromatic rings. The number of ether oxygens (including phenoxy) is 1. The first-order valence-electron chi connectivity index (χ1n) is 5.02. The van der Waals surface area contributed by atoms with Crippen molar-refractivity contribution in [2.75, 3.05) is 12.8 Å². The Bertz CT molecular complexity index is 386. The molecule has 8 nitrogen and oxygen atoms in total. The van der Waals surface area contributed by atoms with Crippen LogP contribution in [-0.2, 0) is 18.9 Å². The topological polar surface area (TPSA) is 147 Å². The number of carbonyl (C=O) groups excluding carboxylic acids is 1. The van der Waals surface area contributed by atoms with Crippen molar-refractivity contribution in [3.05, 3.63) is 11.8 Å². The highest BCUT2D eigenvalue weighted by atomic mass is 31.2. The molecule has 0 aromatic carbocycles. The summed E-state index contributed by atoms with van der Waals surface area (Å²) in [6, 6.07) is 0. The molecule has 0 aromatic heterocycles. The van der Waals surface area contributed by atoms with E-state index in [9.17, 15) is 14.2 Å². The summed E-state index contributed by atoms with van der Waals surface area (Å²) in [6.45, 7) is 1.17. The number of hydrogen-bond donors (Lipinski definition) is 4. The number of esters is 1. The predicted octanol–water partition coefficient (Wildman–Crippen LogP) is -0.339. The first-order valence-corrected chi connectivity index (χ1v) is 6.82. The molecule has 0 aliphatic rings. The molecule has 0 rings (SSSR count). The summed E-state index contributed by atoms with van der Waals surface area (Å²) in [4.78, 5) is 38.8. The molecule has 0 heterocycles. The Hall–Kier alpha value is -1.37. The smallest absolute Gasteiger partial charge is 0.353 e. The molecule has 1 atom stereocenters. The fourth-order valence-corrected chi connectivity index (χ4v) is 1.97. The van der Waals surface area contributed by atoms with Crippen LogP contribution in [0.3, 0.4) is 0 Å². The maximum absolute atomic E-state index is 11.2. The van der Waals surface area contributed by atoms with Crippen molar-refractivity contribution >= 4 is 19.5 Å². The normalized spacial score (nSPS) is 14.1. The van der Waals surface area contributed by atoms with Crippen LogP contribution < -0.4 is 5.73 Å². The van der Waals surface area contributed by atoms with Gasteiger partial charge in [0.2, 0.25) is 0 Å². The average Bonchev–Trinajstić information content (AvgIpc) is 2.13. The van der Waals surface area contributed by atoms with Gasteiger partial charge in [-0.2, -0.15) is 0 Å². The molecule has 9 heteroatoms. The van der Waals surface area contributed by atoms with Gasteiger partial charge in [0.15, 0.2) is 0 Å². The lowest BCUT2D eigenvalue weighted by Crippen LogP contribution is -2.18. The molecule has 0 amide bonds. The summed E-state index contributed by atoms with van der Waals surface area (Å²) >= 11 is 0. The predicted molar refractivity (Wildman–Crippen MR) is 61.6 cm³/mol. The number of aliphatic carboxylic acids is 1. The third kappa shape index (κ3) is 8.74. The Balaban J connectivity index is 4.27. The lowest BCUT2D eigenvalue weighted by Gasteiger charge is -2.09. The van der Waals surface area contributed by atoms with Crippen LogP contribution in [0.2, 0.25) is 0 Å². The van der Waals surface area contributed by atoms with Crippen molar-refractivity contribution in [3.8, 4) is 0 Å². The highest BCUT2D eigenvalue weighted by molar-refractivity contribution is 7.51. The van der Waals surface area contributed by atoms with Gasteiger partial charge in [0, 0.05) is 0 Å². The van der Waals surface area contributed by atoms with Gasteiger partial charge in [0.05, 0.1) is 12.6 Å². The second-order valence-corrected chi connectivity index (χ2v) is 5.42. The molecule has 5 N–H and O–H groups in total. The molecule has 18 heavy (non-hydrogen) atoms. The Labute approximate surface area is 104 Å². The van der Waals surface area contributed by atoms with Gasteiger partial charge >= 0.3 is 19.5 Å². The zero-order valence-electron chi connectivity index (χ0n) is 9.78. The van der Waals surface area contributed by atoms with E-state index in [1.54, 1.807) is 0 Å². The van der Waals surface area contributed by atoms with E-state index in [1.165, 1.54) is 13.0 Å². The number of allylic oxidation sites excluding steroid dienone is 1. The van der Waals surface area contributed by atoms with Gasteiger partial charge < -0.3 is 25.4 Å². The average molecular weight is 281 g/mol. The number of carbonyl (C=O) groups is 2. The van der Waals surface area contributed by atoms with Gasteiger partial charge in [0.25, 0.3) is 0 Å². The van der Waals surface area contributed by atoms with Gasteiger partial charge in [-0.05, 0) is 5.92 Å². The molecule has 0 saturated heterocycles. The lowest BCUT2D eigenvalue weighted by atomic mass is 10.2. The van der Waals surface area contributed by atoms with Crippen LogP contribution in [0.4, 0.5) is 0 Å². The van der Waals surface area contributed by atoms with Crippen molar-refractivity contribution < 1.29 is 33.8 Å². The third-order valence-electron chi connectivity index (χ3n) is 1.77. The van der Waals surface area contributed by atoms with Crippen molar-refractivity contribution in [2.24, 2.45) is 11.7 Å². The zero-order valence-corrected chi connectivity index (χ0v) is 10.7. The highest BCUT2D eigenvalue weighted by Gasteiger charge is 2.18. The van der Waals surface area contributed by atoms with Crippen LogP contribution >= 0.6 is 7.60 Å². The molecule has 0 aliphatic heterocycles. The first-order chi connectivity index (χ1) is 8.11. The number of nitrogens with two attached hydrogens (primary N) is 1. The van der Waals surface area contributed by atoms with Crippen LogP contribution in [0.25, 0.3) is 0 Å². The van der Waals surface area contributed by atoms with Crippen molar-refractivity contribution in [1.82, 2.24) is 0 Å². The zero-order chi connectivity index (χ0) is 14.3. The van der Waals surface area contributed by atoms with Crippen LogP contribution in [0, 0.1) is 5.92 Å². The van der Waals surface area contributed by atoms with Crippen LogP contribution in [-0.4, -0.2) is 39.6 Å². The Morgan fingerprint density at radius 3 is 2.44 bits per heavy atom. The fraction of sp³-hybridized carbons (Fsp3) is 0.556. The minimum absolute atomic E-state index is 0.304. The van der Waals surface area contributed by atoms with E-state index >= 15 is 0 Å². The monoisotopic (exact) mass is 281 g/mol. The molecule has 0 radical (unpaired) electrons.